The molecule has 1 fully saturated rings. The molecule has 2 aromatic rings. The summed E-state index contributed by atoms with van der Waals surface area (Å²) in [5.74, 6) is -0.185. The Kier molecular flexibility index (Phi) is 6.02. The summed E-state index contributed by atoms with van der Waals surface area (Å²) in [5, 5.41) is 0. The zero-order chi connectivity index (χ0) is 18.7. The molecular formula is C18H21ClN2O3S2. The smallest absolute Gasteiger partial charge is 0.254 e. The van der Waals surface area contributed by atoms with Gasteiger partial charge in [0, 0.05) is 30.1 Å². The van der Waals surface area contributed by atoms with Crippen LogP contribution in [0.1, 0.15) is 35.0 Å². The molecule has 0 radical (unpaired) electrons. The van der Waals surface area contributed by atoms with Crippen molar-refractivity contribution in [2.75, 3.05) is 19.6 Å². The molecule has 0 saturated carbocycles. The average molecular weight is 413 g/mol. The molecule has 0 aliphatic carbocycles. The first kappa shape index (κ1) is 19.4. The maximum absolute atomic E-state index is 12.9. The molecule has 0 bridgehead atoms. The lowest BCUT2D eigenvalue weighted by Crippen LogP contribution is -2.31. The molecule has 0 atom stereocenters. The van der Waals surface area contributed by atoms with Gasteiger partial charge in [-0.3, -0.25) is 4.79 Å². The molecule has 1 aliphatic heterocycles. The summed E-state index contributed by atoms with van der Waals surface area (Å²) in [6.45, 7) is 3.96. The molecule has 26 heavy (non-hydrogen) atoms. The first-order valence-corrected chi connectivity index (χ1v) is 11.2. The predicted molar refractivity (Wildman–Crippen MR) is 104 cm³/mol. The van der Waals surface area contributed by atoms with E-state index in [2.05, 4.69) is 0 Å². The zero-order valence-electron chi connectivity index (χ0n) is 14.5. The first-order valence-electron chi connectivity index (χ1n) is 8.55. The Morgan fingerprint density at radius 3 is 2.58 bits per heavy atom. The molecule has 2 heterocycles. The van der Waals surface area contributed by atoms with E-state index in [9.17, 15) is 13.2 Å². The highest BCUT2D eigenvalue weighted by Crippen LogP contribution is 2.25. The van der Waals surface area contributed by atoms with Crippen molar-refractivity contribution in [2.24, 2.45) is 0 Å². The van der Waals surface area contributed by atoms with E-state index < -0.39 is 10.0 Å². The average Bonchev–Trinajstić information content (AvgIpc) is 3.31. The number of amides is 1. The van der Waals surface area contributed by atoms with Crippen LogP contribution in [0, 0.1) is 0 Å². The quantitative estimate of drug-likeness (QED) is 0.724. The summed E-state index contributed by atoms with van der Waals surface area (Å²) in [5.41, 5.74) is 0.384. The Morgan fingerprint density at radius 2 is 1.96 bits per heavy atom. The third kappa shape index (κ3) is 4.11. The second-order valence-corrected chi connectivity index (χ2v) is 9.90. The van der Waals surface area contributed by atoms with Crippen LogP contribution in [-0.2, 0) is 16.6 Å². The predicted octanol–water partition coefficient (Wildman–Crippen LogP) is 3.85. The van der Waals surface area contributed by atoms with Gasteiger partial charge in [-0.2, -0.15) is 4.31 Å². The van der Waals surface area contributed by atoms with Gasteiger partial charge in [0.1, 0.15) is 0 Å². The number of rotatable bonds is 6. The summed E-state index contributed by atoms with van der Waals surface area (Å²) < 4.78 is 27.6. The fourth-order valence-electron chi connectivity index (χ4n) is 3.00. The van der Waals surface area contributed by atoms with Gasteiger partial charge in [-0.25, -0.2) is 8.42 Å². The van der Waals surface area contributed by atoms with Crippen molar-refractivity contribution in [3.63, 3.8) is 0 Å². The minimum Gasteiger partial charge on any atom is -0.334 e. The van der Waals surface area contributed by atoms with Crippen molar-refractivity contribution in [2.45, 2.75) is 31.2 Å². The van der Waals surface area contributed by atoms with Crippen molar-refractivity contribution >= 4 is 38.9 Å². The molecule has 5 nitrogen and oxygen atoms in total. The minimum absolute atomic E-state index is 0.181. The first-order chi connectivity index (χ1) is 12.4. The number of halogens is 1. The summed E-state index contributed by atoms with van der Waals surface area (Å²) in [6, 6.07) is 10.0. The van der Waals surface area contributed by atoms with Gasteiger partial charge in [-0.1, -0.05) is 17.7 Å². The van der Waals surface area contributed by atoms with Gasteiger partial charge in [-0.05, 0) is 50.1 Å². The number of hydrogen-bond donors (Lipinski definition) is 0. The molecule has 140 valence electrons. The third-order valence-corrected chi connectivity index (χ3v) is 7.54. The van der Waals surface area contributed by atoms with E-state index in [1.54, 1.807) is 23.1 Å². The minimum atomic E-state index is -3.54. The molecule has 0 N–H and O–H groups in total. The van der Waals surface area contributed by atoms with Gasteiger partial charge in [0.15, 0.2) is 0 Å². The maximum Gasteiger partial charge on any atom is 0.254 e. The maximum atomic E-state index is 12.9. The summed E-state index contributed by atoms with van der Waals surface area (Å²) >= 11 is 7.40. The Labute approximate surface area is 163 Å². The summed E-state index contributed by atoms with van der Waals surface area (Å²) in [4.78, 5) is 15.7. The van der Waals surface area contributed by atoms with E-state index in [0.717, 1.165) is 17.7 Å². The van der Waals surface area contributed by atoms with E-state index in [1.165, 1.54) is 21.7 Å². The molecule has 1 aromatic carbocycles. The third-order valence-electron chi connectivity index (χ3n) is 4.43. The van der Waals surface area contributed by atoms with Crippen molar-refractivity contribution in [3.8, 4) is 0 Å². The Hall–Kier alpha value is -1.41. The number of carbonyl (C=O) groups excluding carboxylic acids is 1. The molecule has 1 amide bonds. The summed E-state index contributed by atoms with van der Waals surface area (Å²) in [6.07, 6.45) is 1.76. The van der Waals surface area contributed by atoms with E-state index in [4.69, 9.17) is 11.6 Å². The van der Waals surface area contributed by atoms with Gasteiger partial charge < -0.3 is 4.90 Å². The van der Waals surface area contributed by atoms with Crippen LogP contribution in [0.25, 0.3) is 0 Å². The lowest BCUT2D eigenvalue weighted by molar-refractivity contribution is 0.0754. The normalized spacial score (nSPS) is 15.3. The van der Waals surface area contributed by atoms with Gasteiger partial charge >= 0.3 is 0 Å². The van der Waals surface area contributed by atoms with Crippen LogP contribution >= 0.6 is 22.9 Å². The summed E-state index contributed by atoms with van der Waals surface area (Å²) in [7, 11) is -3.54. The Bertz CT molecular complexity index is 889. The highest BCUT2D eigenvalue weighted by molar-refractivity contribution is 7.89. The molecule has 3 rings (SSSR count). The number of benzene rings is 1. The molecule has 1 aromatic heterocycles. The van der Waals surface area contributed by atoms with Crippen molar-refractivity contribution in [1.29, 1.82) is 0 Å². The highest BCUT2D eigenvalue weighted by Gasteiger charge is 2.28. The number of hydrogen-bond acceptors (Lipinski definition) is 4. The van der Waals surface area contributed by atoms with Crippen molar-refractivity contribution in [1.82, 2.24) is 9.21 Å². The number of carbonyl (C=O) groups is 1. The van der Waals surface area contributed by atoms with Crippen LogP contribution in [0.15, 0.2) is 41.3 Å². The number of thiophene rings is 1. The molecule has 1 saturated heterocycles. The Balaban J connectivity index is 1.82. The van der Waals surface area contributed by atoms with Crippen LogP contribution < -0.4 is 0 Å². The van der Waals surface area contributed by atoms with Crippen LogP contribution in [0.2, 0.25) is 4.34 Å². The SMILES string of the molecule is CCN(Cc1ccc(Cl)s1)C(=O)c1cccc(S(=O)(=O)N2CCCC2)c1. The van der Waals surface area contributed by atoms with E-state index in [-0.39, 0.29) is 10.8 Å². The fraction of sp³-hybridized carbons (Fsp3) is 0.389. The zero-order valence-corrected chi connectivity index (χ0v) is 16.9. The molecule has 1 aliphatic rings. The van der Waals surface area contributed by atoms with Gasteiger partial charge in [-0.15, -0.1) is 11.3 Å². The fourth-order valence-corrected chi connectivity index (χ4v) is 5.67. The molecule has 0 spiro atoms. The molecule has 8 heteroatoms. The van der Waals surface area contributed by atoms with E-state index in [1.807, 2.05) is 19.1 Å². The number of sulfonamides is 1. The monoisotopic (exact) mass is 412 g/mol. The molecule has 0 unspecified atom stereocenters. The van der Waals surface area contributed by atoms with Gasteiger partial charge in [0.2, 0.25) is 10.0 Å². The lowest BCUT2D eigenvalue weighted by Gasteiger charge is -2.21. The van der Waals surface area contributed by atoms with E-state index >= 15 is 0 Å². The second kappa shape index (κ2) is 8.08. The van der Waals surface area contributed by atoms with Gasteiger partial charge in [0.25, 0.3) is 5.91 Å². The van der Waals surface area contributed by atoms with Crippen LogP contribution in [0.4, 0.5) is 0 Å². The van der Waals surface area contributed by atoms with Crippen LogP contribution in [0.3, 0.4) is 0 Å². The largest absolute Gasteiger partial charge is 0.334 e. The van der Waals surface area contributed by atoms with Crippen molar-refractivity contribution < 1.29 is 13.2 Å². The standard InChI is InChI=1S/C18H21ClN2O3S2/c1-2-20(13-15-8-9-17(19)25-15)18(22)14-6-5-7-16(12-14)26(23,24)21-10-3-4-11-21/h5-9,12H,2-4,10-11,13H2,1H3. The molecular weight excluding hydrogens is 392 g/mol. The topological polar surface area (TPSA) is 57.7 Å². The van der Waals surface area contributed by atoms with E-state index in [0.29, 0.717) is 36.1 Å². The lowest BCUT2D eigenvalue weighted by atomic mass is 10.2. The van der Waals surface area contributed by atoms with Gasteiger partial charge in [0.05, 0.1) is 15.8 Å². The highest BCUT2D eigenvalue weighted by atomic mass is 35.5. The Morgan fingerprint density at radius 1 is 1.23 bits per heavy atom. The van der Waals surface area contributed by atoms with Crippen LogP contribution in [0.5, 0.6) is 0 Å². The number of nitrogens with zero attached hydrogens (tertiary/aromatic N) is 2. The van der Waals surface area contributed by atoms with Crippen LogP contribution in [-0.4, -0.2) is 43.2 Å². The van der Waals surface area contributed by atoms with Crippen molar-refractivity contribution in [3.05, 3.63) is 51.2 Å². The second-order valence-electron chi connectivity index (χ2n) is 6.16.